The zero-order valence-electron chi connectivity index (χ0n) is 21.9. The van der Waals surface area contributed by atoms with E-state index in [9.17, 15) is 13.2 Å². The molecule has 0 saturated heterocycles. The van der Waals surface area contributed by atoms with Crippen LogP contribution < -0.4 is 15.8 Å². The van der Waals surface area contributed by atoms with Crippen molar-refractivity contribution in [2.75, 3.05) is 17.7 Å². The molecule has 0 unspecified atom stereocenters. The van der Waals surface area contributed by atoms with Crippen LogP contribution >= 0.6 is 0 Å². The third-order valence-electron chi connectivity index (χ3n) is 7.60. The minimum absolute atomic E-state index is 0.0725. The summed E-state index contributed by atoms with van der Waals surface area (Å²) in [5.74, 6) is 0.788. The van der Waals surface area contributed by atoms with E-state index in [2.05, 4.69) is 20.9 Å². The number of nitrogens with zero attached hydrogens (tertiary/aromatic N) is 3. The van der Waals surface area contributed by atoms with Crippen LogP contribution in [0.25, 0.3) is 22.2 Å². The predicted molar refractivity (Wildman–Crippen MR) is 151 cm³/mol. The highest BCUT2D eigenvalue weighted by atomic mass is 19.4. The second-order valence-corrected chi connectivity index (χ2v) is 10.1. The van der Waals surface area contributed by atoms with Gasteiger partial charge in [0.1, 0.15) is 12.4 Å². The van der Waals surface area contributed by atoms with E-state index in [1.54, 1.807) is 18.6 Å². The van der Waals surface area contributed by atoms with E-state index >= 15 is 0 Å². The minimum atomic E-state index is -4.39. The van der Waals surface area contributed by atoms with Crippen LogP contribution in [0, 0.1) is 0 Å². The lowest BCUT2D eigenvalue weighted by molar-refractivity contribution is -0.138. The first-order chi connectivity index (χ1) is 19.4. The van der Waals surface area contributed by atoms with Gasteiger partial charge in [0.2, 0.25) is 0 Å². The fourth-order valence-electron chi connectivity index (χ4n) is 5.31. The molecule has 206 valence electrons. The number of halogens is 3. The smallest absolute Gasteiger partial charge is 0.416 e. The third-order valence-corrected chi connectivity index (χ3v) is 7.60. The first-order valence-electron chi connectivity index (χ1n) is 13.4. The van der Waals surface area contributed by atoms with Crippen LogP contribution in [0.1, 0.15) is 36.4 Å². The molecule has 0 bridgehead atoms. The Morgan fingerprint density at radius 3 is 2.52 bits per heavy atom. The molecule has 5 aromatic rings. The number of alkyl halides is 3. The van der Waals surface area contributed by atoms with Crippen molar-refractivity contribution in [2.45, 2.75) is 44.6 Å². The van der Waals surface area contributed by atoms with Crippen molar-refractivity contribution in [2.24, 2.45) is 0 Å². The Morgan fingerprint density at radius 2 is 1.82 bits per heavy atom. The molecule has 2 aromatic heterocycles. The first kappa shape index (κ1) is 25.9. The van der Waals surface area contributed by atoms with Gasteiger partial charge in [0.05, 0.1) is 35.3 Å². The number of imidazole rings is 1. The summed E-state index contributed by atoms with van der Waals surface area (Å²) in [6, 6.07) is 19.7. The zero-order valence-corrected chi connectivity index (χ0v) is 21.9. The fourth-order valence-corrected chi connectivity index (χ4v) is 5.31. The highest BCUT2D eigenvalue weighted by Gasteiger charge is 2.32. The molecule has 2 heterocycles. The topological polar surface area (TPSA) is 70.0 Å². The number of ether oxygens (including phenoxy) is 1. The lowest BCUT2D eigenvalue weighted by atomic mass is 9.92. The van der Waals surface area contributed by atoms with Crippen molar-refractivity contribution in [1.82, 2.24) is 14.1 Å². The van der Waals surface area contributed by atoms with E-state index in [0.29, 0.717) is 24.9 Å². The van der Waals surface area contributed by atoms with E-state index in [0.717, 1.165) is 52.5 Å². The molecule has 0 aliphatic heterocycles. The van der Waals surface area contributed by atoms with Crippen molar-refractivity contribution >= 4 is 22.3 Å². The van der Waals surface area contributed by atoms with Crippen LogP contribution in [0.15, 0.2) is 85.5 Å². The van der Waals surface area contributed by atoms with Gasteiger partial charge in [-0.15, -0.1) is 0 Å². The van der Waals surface area contributed by atoms with Gasteiger partial charge >= 0.3 is 6.18 Å². The first-order valence-corrected chi connectivity index (χ1v) is 13.4. The van der Waals surface area contributed by atoms with Crippen molar-refractivity contribution < 1.29 is 17.9 Å². The van der Waals surface area contributed by atoms with Crippen LogP contribution in [0.3, 0.4) is 0 Å². The quantitative estimate of drug-likeness (QED) is 0.201. The number of rotatable bonds is 9. The average molecular weight is 546 g/mol. The number of hydrogen-bond acceptors (Lipinski definition) is 4. The molecule has 0 atom stereocenters. The van der Waals surface area contributed by atoms with Crippen LogP contribution in [0.4, 0.5) is 24.5 Å². The largest absolute Gasteiger partial charge is 0.492 e. The normalized spacial score (nSPS) is 13.9. The standard InChI is InChI=1S/C31H30F3N5O/c32-31(33,34)27-7-2-1-4-22(27)19-37-23-10-8-21(9-11-23)30-29(35)26-13-12-25(40-17-16-38-15-14-36-20-38)18-28(26)39(30)24-5-3-6-24/h1-2,4,7-15,18,20,24,37H,3,5-6,16-17,19,35H2. The van der Waals surface area contributed by atoms with Gasteiger partial charge in [-0.25, -0.2) is 4.98 Å². The van der Waals surface area contributed by atoms with Crippen molar-refractivity contribution in [3.8, 4) is 17.0 Å². The number of hydrogen-bond donors (Lipinski definition) is 2. The fraction of sp³-hybridized carbons (Fsp3) is 0.258. The summed E-state index contributed by atoms with van der Waals surface area (Å²) >= 11 is 0. The Kier molecular flexibility index (Phi) is 6.88. The molecule has 1 fully saturated rings. The maximum atomic E-state index is 13.4. The SMILES string of the molecule is Nc1c(-c2ccc(NCc3ccccc3C(F)(F)F)cc2)n(C2CCC2)c2cc(OCCn3ccnc3)ccc12. The lowest BCUT2D eigenvalue weighted by Crippen LogP contribution is -2.18. The lowest BCUT2D eigenvalue weighted by Gasteiger charge is -2.30. The van der Waals surface area contributed by atoms with Gasteiger partial charge in [0, 0.05) is 47.7 Å². The minimum Gasteiger partial charge on any atom is -0.492 e. The number of nitrogen functional groups attached to an aromatic ring is 1. The summed E-state index contributed by atoms with van der Waals surface area (Å²) in [5, 5.41) is 4.11. The van der Waals surface area contributed by atoms with Crippen molar-refractivity contribution in [3.63, 3.8) is 0 Å². The maximum absolute atomic E-state index is 13.4. The van der Waals surface area contributed by atoms with Crippen molar-refractivity contribution in [1.29, 1.82) is 0 Å². The molecule has 0 radical (unpaired) electrons. The summed E-state index contributed by atoms with van der Waals surface area (Å²) in [6.45, 7) is 1.30. The number of benzene rings is 3. The van der Waals surface area contributed by atoms with E-state index < -0.39 is 11.7 Å². The molecular weight excluding hydrogens is 515 g/mol. The molecule has 9 heteroatoms. The number of fused-ring (bicyclic) bond motifs is 1. The molecule has 3 N–H and O–H groups in total. The van der Waals surface area contributed by atoms with Gasteiger partial charge in [-0.2, -0.15) is 13.2 Å². The van der Waals surface area contributed by atoms with Gasteiger partial charge < -0.3 is 24.9 Å². The Balaban J connectivity index is 1.25. The Morgan fingerprint density at radius 1 is 1.02 bits per heavy atom. The molecule has 0 spiro atoms. The van der Waals surface area contributed by atoms with E-state index in [4.69, 9.17) is 10.5 Å². The summed E-state index contributed by atoms with van der Waals surface area (Å²) in [7, 11) is 0. The van der Waals surface area contributed by atoms with E-state index in [-0.39, 0.29) is 12.1 Å². The Labute approximate surface area is 230 Å². The summed E-state index contributed by atoms with van der Waals surface area (Å²) < 4.78 is 50.5. The van der Waals surface area contributed by atoms with Crippen molar-refractivity contribution in [3.05, 3.63) is 96.6 Å². The molecule has 1 aliphatic carbocycles. The number of nitrogens with one attached hydrogen (secondary N) is 1. The number of aromatic nitrogens is 3. The van der Waals surface area contributed by atoms with Gasteiger partial charge in [0.15, 0.2) is 0 Å². The molecule has 40 heavy (non-hydrogen) atoms. The van der Waals surface area contributed by atoms with Crippen LogP contribution in [0.2, 0.25) is 0 Å². The molecule has 6 nitrogen and oxygen atoms in total. The second-order valence-electron chi connectivity index (χ2n) is 10.1. The molecule has 6 rings (SSSR count). The predicted octanol–water partition coefficient (Wildman–Crippen LogP) is 7.52. The highest BCUT2D eigenvalue weighted by molar-refractivity contribution is 6.01. The zero-order chi connectivity index (χ0) is 27.7. The Hall–Kier alpha value is -4.40. The summed E-state index contributed by atoms with van der Waals surface area (Å²) in [4.78, 5) is 4.06. The third kappa shape index (κ3) is 5.11. The van der Waals surface area contributed by atoms with E-state index in [1.165, 1.54) is 18.6 Å². The van der Waals surface area contributed by atoms with Gasteiger partial charge in [-0.3, -0.25) is 0 Å². The molecule has 0 amide bonds. The molecular formula is C31H30F3N5O. The van der Waals surface area contributed by atoms with Gasteiger partial charge in [-0.05, 0) is 55.2 Å². The average Bonchev–Trinajstić information content (AvgIpc) is 3.53. The van der Waals surface area contributed by atoms with Crippen LogP contribution in [-0.4, -0.2) is 20.7 Å². The monoisotopic (exact) mass is 545 g/mol. The summed E-state index contributed by atoms with van der Waals surface area (Å²) in [5.41, 5.74) is 10.7. The number of nitrogens with two attached hydrogens (primary N) is 1. The van der Waals surface area contributed by atoms with Gasteiger partial charge in [0.25, 0.3) is 0 Å². The van der Waals surface area contributed by atoms with E-state index in [1.807, 2.05) is 47.2 Å². The van der Waals surface area contributed by atoms with Crippen LogP contribution in [0.5, 0.6) is 5.75 Å². The van der Waals surface area contributed by atoms with Crippen LogP contribution in [-0.2, 0) is 19.3 Å². The highest BCUT2D eigenvalue weighted by Crippen LogP contribution is 2.45. The summed E-state index contributed by atoms with van der Waals surface area (Å²) in [6.07, 6.45) is 4.37. The number of anilines is 2. The Bertz CT molecular complexity index is 1600. The molecule has 3 aromatic carbocycles. The second kappa shape index (κ2) is 10.6. The molecule has 1 aliphatic rings. The maximum Gasteiger partial charge on any atom is 0.416 e. The van der Waals surface area contributed by atoms with Gasteiger partial charge in [-0.1, -0.05) is 30.3 Å². The molecule has 1 saturated carbocycles.